The maximum absolute atomic E-state index is 13.3. The summed E-state index contributed by atoms with van der Waals surface area (Å²) in [5, 5.41) is 15.9. The minimum absolute atomic E-state index is 0.0535. The molecule has 0 spiro atoms. The van der Waals surface area contributed by atoms with Crippen LogP contribution in [0.25, 0.3) is 10.4 Å². The summed E-state index contributed by atoms with van der Waals surface area (Å²) in [5.74, 6) is -0.695. The summed E-state index contributed by atoms with van der Waals surface area (Å²) in [5.41, 5.74) is 4.25. The zero-order chi connectivity index (χ0) is 25.2. The Morgan fingerprint density at radius 1 is 1.21 bits per heavy atom. The molecule has 2 aromatic rings. The van der Waals surface area contributed by atoms with Crippen molar-refractivity contribution in [2.75, 3.05) is 6.54 Å². The molecule has 34 heavy (non-hydrogen) atoms. The van der Waals surface area contributed by atoms with Crippen LogP contribution in [0.2, 0.25) is 0 Å². The third-order valence-electron chi connectivity index (χ3n) is 6.01. The first kappa shape index (κ1) is 26.6. The number of thiazole rings is 1. The third-order valence-corrected chi connectivity index (χ3v) is 7.30. The van der Waals surface area contributed by atoms with Gasteiger partial charge in [0.05, 0.1) is 28.2 Å². The Morgan fingerprint density at radius 2 is 1.85 bits per heavy atom. The Balaban J connectivity index is 1.72. The normalized spacial score (nSPS) is 20.0. The fourth-order valence-electron chi connectivity index (χ4n) is 4.13. The third kappa shape index (κ3) is 6.14. The number of rotatable bonds is 6. The number of β-amino-alcohol motifs (C(OH)–C–C–N with tert-alkyl or cyclic N) is 1. The summed E-state index contributed by atoms with van der Waals surface area (Å²) in [7, 11) is 0. The van der Waals surface area contributed by atoms with Gasteiger partial charge in [-0.2, -0.15) is 0 Å². The van der Waals surface area contributed by atoms with Crippen LogP contribution < -0.4 is 10.6 Å². The van der Waals surface area contributed by atoms with Crippen molar-refractivity contribution in [2.24, 2.45) is 5.41 Å². The van der Waals surface area contributed by atoms with Gasteiger partial charge >= 0.3 is 0 Å². The fourth-order valence-corrected chi connectivity index (χ4v) is 5.25. The lowest BCUT2D eigenvalue weighted by Crippen LogP contribution is -2.57. The van der Waals surface area contributed by atoms with Crippen molar-refractivity contribution in [3.05, 3.63) is 41.0 Å². The lowest BCUT2D eigenvalue weighted by molar-refractivity contribution is -0.142. The van der Waals surface area contributed by atoms with E-state index in [1.807, 2.05) is 64.4 Å². The molecule has 184 valence electrons. The molecule has 1 aromatic carbocycles. The number of halogens is 1. The van der Waals surface area contributed by atoms with Gasteiger partial charge in [0.15, 0.2) is 0 Å². The first-order valence-electron chi connectivity index (χ1n) is 11.1. The number of nitrogens with zero attached hydrogens (tertiary/aromatic N) is 2. The number of aromatic nitrogens is 1. The molecule has 0 bridgehead atoms. The van der Waals surface area contributed by atoms with Gasteiger partial charge in [0.1, 0.15) is 12.1 Å². The SMILES string of the molecule is Cc1ncsc1-c1ccc([C@H](C)NC(=O)[C@@H]2C[C@@H](O)CN2C(=O)[C@@H](NC(=O)I)C(C)(C)C)cc1. The zero-order valence-corrected chi connectivity index (χ0v) is 22.9. The molecule has 3 rings (SSSR count). The van der Waals surface area contributed by atoms with E-state index in [-0.39, 0.29) is 34.7 Å². The number of aliphatic hydroxyl groups excluding tert-OH is 1. The fraction of sp³-hybridized carbons (Fsp3) is 0.500. The molecule has 0 radical (unpaired) electrons. The number of benzene rings is 1. The van der Waals surface area contributed by atoms with Crippen molar-refractivity contribution in [2.45, 2.75) is 65.3 Å². The summed E-state index contributed by atoms with van der Waals surface area (Å²) in [6.07, 6.45) is -0.643. The van der Waals surface area contributed by atoms with Gasteiger partial charge < -0.3 is 20.6 Å². The molecule has 0 saturated carbocycles. The van der Waals surface area contributed by atoms with Gasteiger partial charge in [-0.05, 0) is 30.4 Å². The van der Waals surface area contributed by atoms with Crippen LogP contribution in [0.4, 0.5) is 4.79 Å². The van der Waals surface area contributed by atoms with Crippen molar-refractivity contribution in [3.8, 4) is 10.4 Å². The predicted molar refractivity (Wildman–Crippen MR) is 141 cm³/mol. The first-order valence-corrected chi connectivity index (χ1v) is 13.1. The highest BCUT2D eigenvalue weighted by molar-refractivity contribution is 14.1. The van der Waals surface area contributed by atoms with Crippen LogP contribution in [0, 0.1) is 12.3 Å². The highest BCUT2D eigenvalue weighted by Gasteiger charge is 2.44. The molecule has 1 aliphatic heterocycles. The Hall–Kier alpha value is -2.05. The van der Waals surface area contributed by atoms with Crippen molar-refractivity contribution in [3.63, 3.8) is 0 Å². The first-order chi connectivity index (χ1) is 15.9. The van der Waals surface area contributed by atoms with Crippen molar-refractivity contribution < 1.29 is 19.5 Å². The van der Waals surface area contributed by atoms with Gasteiger partial charge in [-0.3, -0.25) is 14.4 Å². The Morgan fingerprint density at radius 3 is 2.38 bits per heavy atom. The molecule has 4 atom stereocenters. The topological polar surface area (TPSA) is 112 Å². The minimum Gasteiger partial charge on any atom is -0.391 e. The maximum Gasteiger partial charge on any atom is 0.281 e. The second-order valence-corrected chi connectivity index (χ2v) is 11.6. The molecule has 8 nitrogen and oxygen atoms in total. The average Bonchev–Trinajstić information content (AvgIpc) is 3.36. The van der Waals surface area contributed by atoms with E-state index in [4.69, 9.17) is 0 Å². The van der Waals surface area contributed by atoms with Crippen LogP contribution in [-0.4, -0.2) is 55.5 Å². The molecule has 3 N–H and O–H groups in total. The second-order valence-electron chi connectivity index (χ2n) is 9.73. The van der Waals surface area contributed by atoms with Gasteiger partial charge in [-0.15, -0.1) is 11.3 Å². The van der Waals surface area contributed by atoms with Gasteiger partial charge in [-0.25, -0.2) is 4.98 Å². The van der Waals surface area contributed by atoms with E-state index >= 15 is 0 Å². The van der Waals surface area contributed by atoms with Gasteiger partial charge in [-0.1, -0.05) is 45.0 Å². The maximum atomic E-state index is 13.3. The number of likely N-dealkylation sites (tertiary alicyclic amines) is 1. The number of carbonyl (C=O) groups excluding carboxylic acids is 3. The molecule has 10 heteroatoms. The number of aryl methyl sites for hydroxylation is 1. The largest absolute Gasteiger partial charge is 0.391 e. The lowest BCUT2D eigenvalue weighted by atomic mass is 9.85. The molecular weight excluding hydrogens is 567 g/mol. The predicted octanol–water partition coefficient (Wildman–Crippen LogP) is 3.82. The summed E-state index contributed by atoms with van der Waals surface area (Å²) in [6, 6.07) is 6.06. The van der Waals surface area contributed by atoms with Crippen molar-refractivity contribution in [1.29, 1.82) is 0 Å². The second kappa shape index (κ2) is 10.7. The van der Waals surface area contributed by atoms with E-state index in [0.717, 1.165) is 21.7 Å². The van der Waals surface area contributed by atoms with Crippen LogP contribution in [0.1, 0.15) is 51.4 Å². The highest BCUT2D eigenvalue weighted by Crippen LogP contribution is 2.29. The Labute approximate surface area is 217 Å². The number of amides is 3. The minimum atomic E-state index is -0.808. The monoisotopic (exact) mass is 598 g/mol. The zero-order valence-electron chi connectivity index (χ0n) is 20.0. The smallest absolute Gasteiger partial charge is 0.281 e. The number of nitrogens with one attached hydrogen (secondary N) is 2. The van der Waals surface area contributed by atoms with Crippen LogP contribution in [0.15, 0.2) is 29.8 Å². The van der Waals surface area contributed by atoms with E-state index < -0.39 is 23.6 Å². The molecule has 1 aromatic heterocycles. The van der Waals surface area contributed by atoms with E-state index in [0.29, 0.717) is 0 Å². The van der Waals surface area contributed by atoms with Crippen molar-refractivity contribution >= 4 is 49.7 Å². The van der Waals surface area contributed by atoms with E-state index in [9.17, 15) is 19.5 Å². The molecule has 1 saturated heterocycles. The van der Waals surface area contributed by atoms with Crippen LogP contribution >= 0.6 is 33.9 Å². The van der Waals surface area contributed by atoms with Gasteiger partial charge in [0.2, 0.25) is 11.8 Å². The number of carbonyl (C=O) groups is 3. The molecule has 1 fully saturated rings. The number of hydrogen-bond donors (Lipinski definition) is 3. The van der Waals surface area contributed by atoms with E-state index in [1.165, 1.54) is 4.90 Å². The van der Waals surface area contributed by atoms with Crippen LogP contribution in [0.3, 0.4) is 0 Å². The van der Waals surface area contributed by atoms with Gasteiger partial charge in [0, 0.05) is 35.6 Å². The Kier molecular flexibility index (Phi) is 8.35. The van der Waals surface area contributed by atoms with Crippen LogP contribution in [-0.2, 0) is 9.59 Å². The quantitative estimate of drug-likeness (QED) is 0.266. The summed E-state index contributed by atoms with van der Waals surface area (Å²) in [6.45, 7) is 9.46. The average molecular weight is 599 g/mol. The number of aliphatic hydroxyl groups is 1. The highest BCUT2D eigenvalue weighted by atomic mass is 127. The molecule has 0 aliphatic carbocycles. The Bertz CT molecular complexity index is 1050. The number of hydrogen-bond acceptors (Lipinski definition) is 6. The van der Waals surface area contributed by atoms with Crippen molar-refractivity contribution in [1.82, 2.24) is 20.5 Å². The molecule has 1 aliphatic rings. The van der Waals surface area contributed by atoms with Crippen LogP contribution in [0.5, 0.6) is 0 Å². The van der Waals surface area contributed by atoms with E-state index in [2.05, 4.69) is 15.6 Å². The lowest BCUT2D eigenvalue weighted by Gasteiger charge is -2.35. The molecule has 0 unspecified atom stereocenters. The molecular formula is C24H31IN4O4S. The molecule has 2 heterocycles. The van der Waals surface area contributed by atoms with E-state index in [1.54, 1.807) is 33.9 Å². The summed E-state index contributed by atoms with van der Waals surface area (Å²) in [4.78, 5) is 45.0. The van der Waals surface area contributed by atoms with Gasteiger partial charge in [0.25, 0.3) is 3.91 Å². The summed E-state index contributed by atoms with van der Waals surface area (Å²) >= 11 is 3.18. The summed E-state index contributed by atoms with van der Waals surface area (Å²) < 4.78 is -0.350. The molecule has 3 amide bonds. The standard InChI is InChI=1S/C24H31IN4O4S/c1-13(15-6-8-16(9-7-15)19-14(2)26-12-34-19)27-21(31)18-10-17(30)11-29(18)22(32)20(24(3,4)5)28-23(25)33/h6-9,12-13,17-18,20,30H,10-11H2,1-5H3,(H,27,31)(H,28,33)/t13-,17+,18-,20+/m0/s1.